The maximum Gasteiger partial charge on any atom is 0.0499 e. The summed E-state index contributed by atoms with van der Waals surface area (Å²) in [6, 6.07) is 0.517. The third kappa shape index (κ3) is 4.19. The molecule has 0 bridgehead atoms. The summed E-state index contributed by atoms with van der Waals surface area (Å²) in [4.78, 5) is 4.63. The Bertz CT molecular complexity index is 232. The summed E-state index contributed by atoms with van der Waals surface area (Å²) in [6.07, 6.45) is 9.75. The highest BCUT2D eigenvalue weighted by molar-refractivity contribution is 5.72. The summed E-state index contributed by atoms with van der Waals surface area (Å²) >= 11 is 0. The molecule has 0 radical (unpaired) electrons. The molecule has 1 nitrogen and oxygen atoms in total. The molecule has 1 unspecified atom stereocenters. The molecular weight excluding hydrogens is 182 g/mol. The van der Waals surface area contributed by atoms with Crippen LogP contribution in [0.1, 0.15) is 53.4 Å². The SMILES string of the molecule is C/C(=C\C=NC(C)C1CCCC1)C(C)C. The lowest BCUT2D eigenvalue weighted by molar-refractivity contribution is 0.461. The fourth-order valence-electron chi connectivity index (χ4n) is 2.05. The second-order valence-electron chi connectivity index (χ2n) is 5.15. The van der Waals surface area contributed by atoms with E-state index >= 15 is 0 Å². The van der Waals surface area contributed by atoms with Crippen molar-refractivity contribution < 1.29 is 0 Å². The Hall–Kier alpha value is -0.590. The first kappa shape index (κ1) is 12.5. The maximum atomic E-state index is 4.63. The van der Waals surface area contributed by atoms with Crippen molar-refractivity contribution in [3.8, 4) is 0 Å². The van der Waals surface area contributed by atoms with Gasteiger partial charge in [-0.2, -0.15) is 0 Å². The summed E-state index contributed by atoms with van der Waals surface area (Å²) < 4.78 is 0. The number of allylic oxidation sites excluding steroid dienone is 2. The van der Waals surface area contributed by atoms with Gasteiger partial charge in [0.1, 0.15) is 0 Å². The fourth-order valence-corrected chi connectivity index (χ4v) is 2.05. The predicted molar refractivity (Wildman–Crippen MR) is 68.5 cm³/mol. The first-order valence-electron chi connectivity index (χ1n) is 6.31. The van der Waals surface area contributed by atoms with E-state index in [2.05, 4.69) is 38.8 Å². The first-order chi connectivity index (χ1) is 7.11. The van der Waals surface area contributed by atoms with Crippen molar-refractivity contribution in [3.63, 3.8) is 0 Å². The summed E-state index contributed by atoms with van der Waals surface area (Å²) in [5, 5.41) is 0. The van der Waals surface area contributed by atoms with Crippen LogP contribution in [0.2, 0.25) is 0 Å². The van der Waals surface area contributed by atoms with Gasteiger partial charge in [0.25, 0.3) is 0 Å². The first-order valence-corrected chi connectivity index (χ1v) is 6.31. The van der Waals surface area contributed by atoms with Crippen LogP contribution in [0.4, 0.5) is 0 Å². The normalized spacial score (nSPS) is 21.8. The Morgan fingerprint density at radius 1 is 1.20 bits per heavy atom. The van der Waals surface area contributed by atoms with Crippen molar-refractivity contribution in [2.24, 2.45) is 16.8 Å². The molecule has 1 fully saturated rings. The number of rotatable bonds is 4. The molecule has 0 spiro atoms. The van der Waals surface area contributed by atoms with Crippen molar-refractivity contribution in [1.82, 2.24) is 0 Å². The summed E-state index contributed by atoms with van der Waals surface area (Å²) in [5.74, 6) is 1.48. The van der Waals surface area contributed by atoms with Gasteiger partial charge in [-0.25, -0.2) is 0 Å². The lowest BCUT2D eigenvalue weighted by atomic mass is 10.0. The number of nitrogens with zero attached hydrogens (tertiary/aromatic N) is 1. The minimum absolute atomic E-state index is 0.517. The van der Waals surface area contributed by atoms with Gasteiger partial charge in [0.05, 0.1) is 0 Å². The molecule has 0 aromatic heterocycles. The molecular formula is C14H25N. The van der Waals surface area contributed by atoms with E-state index in [1.165, 1.54) is 31.3 Å². The minimum atomic E-state index is 0.517. The molecule has 0 N–H and O–H groups in total. The molecule has 1 aliphatic rings. The molecule has 0 saturated heterocycles. The number of hydrogen-bond donors (Lipinski definition) is 0. The van der Waals surface area contributed by atoms with Gasteiger partial charge in [-0.3, -0.25) is 4.99 Å². The van der Waals surface area contributed by atoms with E-state index in [1.807, 2.05) is 6.21 Å². The Morgan fingerprint density at radius 3 is 2.33 bits per heavy atom. The van der Waals surface area contributed by atoms with Gasteiger partial charge in [-0.1, -0.05) is 32.3 Å². The zero-order chi connectivity index (χ0) is 11.3. The van der Waals surface area contributed by atoms with Crippen molar-refractivity contribution in [2.45, 2.75) is 59.4 Å². The smallest absolute Gasteiger partial charge is 0.0499 e. The quantitative estimate of drug-likeness (QED) is 0.611. The fraction of sp³-hybridized carbons (Fsp3) is 0.786. The van der Waals surface area contributed by atoms with E-state index in [4.69, 9.17) is 0 Å². The van der Waals surface area contributed by atoms with Gasteiger partial charge >= 0.3 is 0 Å². The van der Waals surface area contributed by atoms with E-state index in [1.54, 1.807) is 0 Å². The summed E-state index contributed by atoms with van der Waals surface area (Å²) in [6.45, 7) is 8.88. The molecule has 0 amide bonds. The Morgan fingerprint density at radius 2 is 1.80 bits per heavy atom. The van der Waals surface area contributed by atoms with Gasteiger partial charge in [0.2, 0.25) is 0 Å². The molecule has 86 valence electrons. The molecule has 0 aromatic carbocycles. The Labute approximate surface area is 94.7 Å². The van der Waals surface area contributed by atoms with E-state index in [-0.39, 0.29) is 0 Å². The molecule has 0 heterocycles. The number of hydrogen-bond acceptors (Lipinski definition) is 1. The average Bonchev–Trinajstić information content (AvgIpc) is 2.70. The zero-order valence-corrected chi connectivity index (χ0v) is 10.7. The monoisotopic (exact) mass is 207 g/mol. The second kappa shape index (κ2) is 6.09. The van der Waals surface area contributed by atoms with Crippen LogP contribution in [-0.2, 0) is 0 Å². The van der Waals surface area contributed by atoms with Gasteiger partial charge in [-0.05, 0) is 44.6 Å². The standard InChI is InChI=1S/C14H25N/c1-11(2)12(3)9-10-15-13(4)14-7-5-6-8-14/h9-11,13-14H,5-8H2,1-4H3/b12-9+,15-10?. The van der Waals surface area contributed by atoms with Crippen LogP contribution in [0.15, 0.2) is 16.6 Å². The van der Waals surface area contributed by atoms with Gasteiger partial charge < -0.3 is 0 Å². The third-order valence-electron chi connectivity index (χ3n) is 3.65. The summed E-state index contributed by atoms with van der Waals surface area (Å²) in [7, 11) is 0. The largest absolute Gasteiger partial charge is 0.290 e. The van der Waals surface area contributed by atoms with Crippen molar-refractivity contribution in [2.75, 3.05) is 0 Å². The molecule has 15 heavy (non-hydrogen) atoms. The van der Waals surface area contributed by atoms with Crippen LogP contribution in [0.5, 0.6) is 0 Å². The third-order valence-corrected chi connectivity index (χ3v) is 3.65. The highest BCUT2D eigenvalue weighted by atomic mass is 14.8. The van der Waals surface area contributed by atoms with E-state index in [0.29, 0.717) is 12.0 Å². The van der Waals surface area contributed by atoms with Crippen LogP contribution >= 0.6 is 0 Å². The van der Waals surface area contributed by atoms with Gasteiger partial charge in [0, 0.05) is 12.3 Å². The van der Waals surface area contributed by atoms with Crippen LogP contribution in [-0.4, -0.2) is 12.3 Å². The molecule has 1 rings (SSSR count). The van der Waals surface area contributed by atoms with Crippen LogP contribution in [0.25, 0.3) is 0 Å². The number of aliphatic imine (C=N–C) groups is 1. The molecule has 1 aliphatic carbocycles. The van der Waals surface area contributed by atoms with Gasteiger partial charge in [-0.15, -0.1) is 0 Å². The average molecular weight is 207 g/mol. The topological polar surface area (TPSA) is 12.4 Å². The highest BCUT2D eigenvalue weighted by Crippen LogP contribution is 2.28. The molecule has 1 saturated carbocycles. The second-order valence-corrected chi connectivity index (χ2v) is 5.15. The molecule has 0 aromatic rings. The molecule has 1 atom stereocenters. The Balaban J connectivity index is 2.39. The maximum absolute atomic E-state index is 4.63. The predicted octanol–water partition coefficient (Wildman–Crippen LogP) is 4.24. The van der Waals surface area contributed by atoms with Crippen molar-refractivity contribution in [1.29, 1.82) is 0 Å². The van der Waals surface area contributed by atoms with Crippen LogP contribution in [0, 0.1) is 11.8 Å². The van der Waals surface area contributed by atoms with Crippen molar-refractivity contribution in [3.05, 3.63) is 11.6 Å². The van der Waals surface area contributed by atoms with Crippen LogP contribution in [0.3, 0.4) is 0 Å². The summed E-state index contributed by atoms with van der Waals surface area (Å²) in [5.41, 5.74) is 1.41. The minimum Gasteiger partial charge on any atom is -0.290 e. The molecule has 0 aliphatic heterocycles. The van der Waals surface area contributed by atoms with E-state index in [9.17, 15) is 0 Å². The van der Waals surface area contributed by atoms with Crippen LogP contribution < -0.4 is 0 Å². The van der Waals surface area contributed by atoms with Crippen molar-refractivity contribution >= 4 is 6.21 Å². The molecule has 1 heteroatoms. The lowest BCUT2D eigenvalue weighted by Gasteiger charge is -2.13. The van der Waals surface area contributed by atoms with Gasteiger partial charge in [0.15, 0.2) is 0 Å². The zero-order valence-electron chi connectivity index (χ0n) is 10.7. The highest BCUT2D eigenvalue weighted by Gasteiger charge is 2.19. The van der Waals surface area contributed by atoms with E-state index in [0.717, 1.165) is 5.92 Å². The van der Waals surface area contributed by atoms with E-state index < -0.39 is 0 Å². The lowest BCUT2D eigenvalue weighted by Crippen LogP contribution is -2.11. The Kier molecular flexibility index (Phi) is 5.07.